The number of nitrogens with zero attached hydrogens (tertiary/aromatic N) is 3. The summed E-state index contributed by atoms with van der Waals surface area (Å²) < 4.78 is 13.3. The molecule has 1 aliphatic heterocycles. The maximum absolute atomic E-state index is 13.7. The number of rotatable bonds is 8. The number of hydrogen-bond donors (Lipinski definition) is 0. The van der Waals surface area contributed by atoms with E-state index in [4.69, 9.17) is 9.47 Å². The lowest BCUT2D eigenvalue weighted by Gasteiger charge is -2.25. The molecule has 2 aromatic carbocycles. The van der Waals surface area contributed by atoms with Crippen molar-refractivity contribution in [3.63, 3.8) is 0 Å². The Morgan fingerprint density at radius 3 is 2.41 bits per heavy atom. The van der Waals surface area contributed by atoms with E-state index < -0.39 is 12.0 Å². The summed E-state index contributed by atoms with van der Waals surface area (Å²) >= 11 is 1.31. The van der Waals surface area contributed by atoms with Crippen LogP contribution in [0.5, 0.6) is 5.75 Å². The normalized spacial score (nSPS) is 15.4. The van der Waals surface area contributed by atoms with Crippen LogP contribution in [-0.2, 0) is 9.53 Å². The summed E-state index contributed by atoms with van der Waals surface area (Å²) in [6.07, 6.45) is 1.85. The van der Waals surface area contributed by atoms with Gasteiger partial charge in [-0.15, -0.1) is 0 Å². The Labute approximate surface area is 221 Å². The average molecular weight is 520 g/mol. The molecule has 37 heavy (non-hydrogen) atoms. The van der Waals surface area contributed by atoms with Crippen molar-refractivity contribution in [3.8, 4) is 5.75 Å². The van der Waals surface area contributed by atoms with E-state index in [9.17, 15) is 9.59 Å². The zero-order valence-electron chi connectivity index (χ0n) is 22.1. The molecule has 1 aliphatic rings. The van der Waals surface area contributed by atoms with E-state index in [0.29, 0.717) is 33.1 Å². The lowest BCUT2D eigenvalue weighted by atomic mass is 9.95. The molecule has 0 amide bonds. The second-order valence-corrected chi connectivity index (χ2v) is 10.6. The fraction of sp³-hybridized carbons (Fsp3) is 0.345. The van der Waals surface area contributed by atoms with Crippen molar-refractivity contribution in [3.05, 3.63) is 90.6 Å². The minimum Gasteiger partial charge on any atom is -0.493 e. The van der Waals surface area contributed by atoms with Gasteiger partial charge >= 0.3 is 5.97 Å². The first kappa shape index (κ1) is 26.4. The van der Waals surface area contributed by atoms with E-state index in [1.807, 2.05) is 73.6 Å². The fourth-order valence-electron chi connectivity index (χ4n) is 4.14. The zero-order valence-corrected chi connectivity index (χ0v) is 23.0. The van der Waals surface area contributed by atoms with E-state index >= 15 is 0 Å². The molecule has 4 rings (SSSR count). The highest BCUT2D eigenvalue weighted by atomic mass is 32.1. The van der Waals surface area contributed by atoms with Crippen LogP contribution in [0, 0.1) is 5.92 Å². The molecule has 0 radical (unpaired) electrons. The summed E-state index contributed by atoms with van der Waals surface area (Å²) in [6, 6.07) is 14.9. The molecule has 1 atom stereocenters. The van der Waals surface area contributed by atoms with Crippen molar-refractivity contribution in [2.24, 2.45) is 10.9 Å². The Hall–Kier alpha value is -3.65. The van der Waals surface area contributed by atoms with Gasteiger partial charge in [0.2, 0.25) is 0 Å². The van der Waals surface area contributed by atoms with Crippen molar-refractivity contribution in [2.45, 2.75) is 33.7 Å². The van der Waals surface area contributed by atoms with Gasteiger partial charge in [-0.25, -0.2) is 9.79 Å². The number of ether oxygens (including phenoxy) is 2. The molecular formula is C29H33N3O4S. The molecule has 0 fully saturated rings. The number of carbonyl (C=O) groups excluding carboxylic acids is 1. The van der Waals surface area contributed by atoms with Crippen LogP contribution in [0.1, 0.15) is 44.9 Å². The van der Waals surface area contributed by atoms with Gasteiger partial charge in [0.15, 0.2) is 4.80 Å². The number of anilines is 1. The summed E-state index contributed by atoms with van der Waals surface area (Å²) in [5.74, 6) is 0.774. The van der Waals surface area contributed by atoms with Gasteiger partial charge in [-0.05, 0) is 61.2 Å². The SMILES string of the molecule is CCOC(=O)C1=C(C)N=c2s/c(=C/c3ccc(OCC(C)C)cc3)c(=O)n2[C@@H]1c1ccc(N(C)C)cc1. The highest BCUT2D eigenvalue weighted by molar-refractivity contribution is 7.07. The number of hydrogen-bond acceptors (Lipinski definition) is 7. The van der Waals surface area contributed by atoms with Gasteiger partial charge in [0.05, 0.1) is 35.1 Å². The van der Waals surface area contributed by atoms with Crippen LogP contribution >= 0.6 is 11.3 Å². The summed E-state index contributed by atoms with van der Waals surface area (Å²) in [4.78, 5) is 34.0. The molecular weight excluding hydrogens is 486 g/mol. The molecule has 0 aliphatic carbocycles. The van der Waals surface area contributed by atoms with Gasteiger partial charge < -0.3 is 14.4 Å². The van der Waals surface area contributed by atoms with Crippen LogP contribution in [-0.4, -0.2) is 37.8 Å². The fourth-order valence-corrected chi connectivity index (χ4v) is 5.18. The largest absolute Gasteiger partial charge is 0.493 e. The Kier molecular flexibility index (Phi) is 7.97. The second kappa shape index (κ2) is 11.2. The van der Waals surface area contributed by atoms with Gasteiger partial charge in [0.1, 0.15) is 5.75 Å². The predicted octanol–water partition coefficient (Wildman–Crippen LogP) is 3.90. The Balaban J connectivity index is 1.80. The minimum atomic E-state index is -0.625. The molecule has 7 nitrogen and oxygen atoms in total. The topological polar surface area (TPSA) is 73.1 Å². The molecule has 0 saturated heterocycles. The first-order valence-electron chi connectivity index (χ1n) is 12.4. The molecule has 0 unspecified atom stereocenters. The van der Waals surface area contributed by atoms with Gasteiger partial charge in [-0.3, -0.25) is 9.36 Å². The van der Waals surface area contributed by atoms with Crippen LogP contribution < -0.4 is 24.5 Å². The van der Waals surface area contributed by atoms with E-state index in [0.717, 1.165) is 22.6 Å². The first-order chi connectivity index (χ1) is 17.7. The molecule has 1 aromatic heterocycles. The average Bonchev–Trinajstić information content (AvgIpc) is 3.17. The van der Waals surface area contributed by atoms with Gasteiger partial charge in [0.25, 0.3) is 5.56 Å². The summed E-state index contributed by atoms with van der Waals surface area (Å²) in [5, 5.41) is 0. The number of benzene rings is 2. The van der Waals surface area contributed by atoms with Crippen molar-refractivity contribution in [1.82, 2.24) is 4.57 Å². The van der Waals surface area contributed by atoms with Gasteiger partial charge in [0, 0.05) is 19.8 Å². The van der Waals surface area contributed by atoms with E-state index in [2.05, 4.69) is 18.8 Å². The quantitative estimate of drug-likeness (QED) is 0.422. The standard InChI is InChI=1S/C29H33N3O4S/c1-7-35-28(34)25-19(4)30-29-32(26(25)21-10-12-22(13-11-21)31(5)6)27(33)24(37-29)16-20-8-14-23(15-9-20)36-17-18(2)3/h8-16,18,26H,7,17H2,1-6H3/b24-16+/t26-/m1/s1. The van der Waals surface area contributed by atoms with E-state index in [-0.39, 0.29) is 12.2 Å². The first-order valence-corrected chi connectivity index (χ1v) is 13.2. The van der Waals surface area contributed by atoms with Crippen molar-refractivity contribution in [2.75, 3.05) is 32.2 Å². The number of fused-ring (bicyclic) bond motifs is 1. The summed E-state index contributed by atoms with van der Waals surface area (Å²) in [5.41, 5.74) is 3.47. The van der Waals surface area contributed by atoms with Gasteiger partial charge in [-0.2, -0.15) is 0 Å². The lowest BCUT2D eigenvalue weighted by Crippen LogP contribution is -2.39. The number of esters is 1. The summed E-state index contributed by atoms with van der Waals surface area (Å²) in [7, 11) is 3.93. The third-order valence-corrected chi connectivity index (χ3v) is 6.99. The molecule has 3 aromatic rings. The van der Waals surface area contributed by atoms with Gasteiger partial charge in [-0.1, -0.05) is 49.4 Å². The maximum atomic E-state index is 13.7. The smallest absolute Gasteiger partial charge is 0.338 e. The predicted molar refractivity (Wildman–Crippen MR) is 148 cm³/mol. The molecule has 0 bridgehead atoms. The minimum absolute atomic E-state index is 0.195. The van der Waals surface area contributed by atoms with Crippen molar-refractivity contribution < 1.29 is 14.3 Å². The van der Waals surface area contributed by atoms with Crippen LogP contribution in [0.4, 0.5) is 5.69 Å². The molecule has 0 spiro atoms. The molecule has 0 saturated carbocycles. The summed E-state index contributed by atoms with van der Waals surface area (Å²) in [6.45, 7) is 8.66. The van der Waals surface area contributed by atoms with E-state index in [1.54, 1.807) is 18.4 Å². The van der Waals surface area contributed by atoms with Crippen LogP contribution in [0.2, 0.25) is 0 Å². The molecule has 2 heterocycles. The Morgan fingerprint density at radius 2 is 1.81 bits per heavy atom. The highest BCUT2D eigenvalue weighted by Crippen LogP contribution is 2.31. The lowest BCUT2D eigenvalue weighted by molar-refractivity contribution is -0.139. The van der Waals surface area contributed by atoms with E-state index in [1.165, 1.54) is 11.3 Å². The van der Waals surface area contributed by atoms with Crippen LogP contribution in [0.3, 0.4) is 0 Å². The van der Waals surface area contributed by atoms with Crippen LogP contribution in [0.15, 0.2) is 69.6 Å². The highest BCUT2D eigenvalue weighted by Gasteiger charge is 2.33. The number of carbonyl (C=O) groups is 1. The van der Waals surface area contributed by atoms with Crippen molar-refractivity contribution >= 4 is 29.1 Å². The second-order valence-electron chi connectivity index (χ2n) is 9.56. The van der Waals surface area contributed by atoms with Crippen molar-refractivity contribution in [1.29, 1.82) is 0 Å². The molecule has 8 heteroatoms. The molecule has 194 valence electrons. The maximum Gasteiger partial charge on any atom is 0.338 e. The molecule has 0 N–H and O–H groups in total. The Bertz CT molecular complexity index is 1480. The number of allylic oxidation sites excluding steroid dienone is 1. The number of aromatic nitrogens is 1. The monoisotopic (exact) mass is 519 g/mol. The third kappa shape index (κ3) is 5.69. The Morgan fingerprint density at radius 1 is 1.14 bits per heavy atom. The number of thiazole rings is 1. The zero-order chi connectivity index (χ0) is 26.7. The third-order valence-electron chi connectivity index (χ3n) is 6.00. The van der Waals surface area contributed by atoms with Crippen LogP contribution in [0.25, 0.3) is 6.08 Å².